The summed E-state index contributed by atoms with van der Waals surface area (Å²) in [7, 11) is 1.25. The van der Waals surface area contributed by atoms with Crippen molar-refractivity contribution in [3.8, 4) is 0 Å². The van der Waals surface area contributed by atoms with Gasteiger partial charge in [0.25, 0.3) is 0 Å². The molecule has 0 aliphatic rings. The number of esters is 1. The van der Waals surface area contributed by atoms with Crippen LogP contribution >= 0.6 is 0 Å². The van der Waals surface area contributed by atoms with Gasteiger partial charge < -0.3 is 15.6 Å². The van der Waals surface area contributed by atoms with Crippen molar-refractivity contribution < 1.29 is 14.6 Å². The quantitative estimate of drug-likeness (QED) is 0.547. The molecule has 4 heteroatoms. The van der Waals surface area contributed by atoms with Crippen molar-refractivity contribution in [2.75, 3.05) is 7.11 Å². The minimum atomic E-state index is -0.931. The molecule has 66 valence electrons. The molecular formula is C7H15NO3. The van der Waals surface area contributed by atoms with Crippen LogP contribution in [0, 0.1) is 5.92 Å². The lowest BCUT2D eigenvalue weighted by molar-refractivity contribution is -0.145. The monoisotopic (exact) mass is 161 g/mol. The predicted octanol–water partition coefficient (Wildman–Crippen LogP) is -0.496. The maximum Gasteiger partial charge on any atom is 0.325 e. The van der Waals surface area contributed by atoms with E-state index in [1.807, 2.05) is 0 Å². The smallest absolute Gasteiger partial charge is 0.325 e. The summed E-state index contributed by atoms with van der Waals surface area (Å²) in [4.78, 5) is 10.8. The van der Waals surface area contributed by atoms with Gasteiger partial charge in [0.1, 0.15) is 6.04 Å². The number of rotatable bonds is 3. The van der Waals surface area contributed by atoms with Crippen LogP contribution in [0.2, 0.25) is 0 Å². The van der Waals surface area contributed by atoms with Crippen LogP contribution in [0.4, 0.5) is 0 Å². The Bertz CT molecular complexity index is 136. The summed E-state index contributed by atoms with van der Waals surface area (Å²) in [5.41, 5.74) is 5.35. The Hall–Kier alpha value is -0.610. The molecule has 2 atom stereocenters. The van der Waals surface area contributed by atoms with Crippen molar-refractivity contribution >= 4 is 5.97 Å². The van der Waals surface area contributed by atoms with Gasteiger partial charge in [-0.3, -0.25) is 4.79 Å². The van der Waals surface area contributed by atoms with Crippen molar-refractivity contribution in [1.82, 2.24) is 0 Å². The van der Waals surface area contributed by atoms with Gasteiger partial charge in [-0.15, -0.1) is 0 Å². The minimum Gasteiger partial charge on any atom is -0.468 e. The molecule has 0 rings (SSSR count). The third kappa shape index (κ3) is 2.86. The molecule has 0 aliphatic carbocycles. The maximum atomic E-state index is 10.8. The first kappa shape index (κ1) is 10.4. The van der Waals surface area contributed by atoms with E-state index in [1.165, 1.54) is 7.11 Å². The molecule has 0 amide bonds. The van der Waals surface area contributed by atoms with E-state index in [4.69, 9.17) is 5.73 Å². The molecule has 0 unspecified atom stereocenters. The van der Waals surface area contributed by atoms with Gasteiger partial charge in [0.15, 0.2) is 0 Å². The SMILES string of the molecule is COC(=O)[C@H](N)[C@H](O)C(C)C. The van der Waals surface area contributed by atoms with E-state index in [0.29, 0.717) is 0 Å². The molecule has 0 aromatic carbocycles. The number of nitrogens with two attached hydrogens (primary N) is 1. The lowest BCUT2D eigenvalue weighted by Gasteiger charge is -2.19. The average Bonchev–Trinajstić information content (AvgIpc) is 2.00. The minimum absolute atomic E-state index is 0.0379. The van der Waals surface area contributed by atoms with Crippen LogP contribution in [0.5, 0.6) is 0 Å². The van der Waals surface area contributed by atoms with E-state index in [-0.39, 0.29) is 5.92 Å². The summed E-state index contributed by atoms with van der Waals surface area (Å²) in [6.07, 6.45) is -0.831. The first-order valence-electron chi connectivity index (χ1n) is 3.52. The summed E-state index contributed by atoms with van der Waals surface area (Å²) in [5.74, 6) is -0.615. The maximum absolute atomic E-state index is 10.8. The Morgan fingerprint density at radius 1 is 1.55 bits per heavy atom. The molecule has 0 aliphatic heterocycles. The number of carbonyl (C=O) groups is 1. The second-order valence-corrected chi connectivity index (χ2v) is 2.78. The van der Waals surface area contributed by atoms with Gasteiger partial charge in [-0.05, 0) is 5.92 Å². The molecular weight excluding hydrogens is 146 g/mol. The molecule has 4 nitrogen and oxygen atoms in total. The van der Waals surface area contributed by atoms with Gasteiger partial charge in [-0.1, -0.05) is 13.8 Å². The van der Waals surface area contributed by atoms with Crippen molar-refractivity contribution in [3.05, 3.63) is 0 Å². The van der Waals surface area contributed by atoms with E-state index in [0.717, 1.165) is 0 Å². The third-order valence-corrected chi connectivity index (χ3v) is 1.52. The fraction of sp³-hybridized carbons (Fsp3) is 0.857. The molecule has 0 spiro atoms. The number of methoxy groups -OCH3 is 1. The highest BCUT2D eigenvalue weighted by Crippen LogP contribution is 2.05. The van der Waals surface area contributed by atoms with Gasteiger partial charge in [-0.2, -0.15) is 0 Å². The van der Waals surface area contributed by atoms with Gasteiger partial charge in [0, 0.05) is 0 Å². The largest absolute Gasteiger partial charge is 0.468 e. The fourth-order valence-corrected chi connectivity index (χ4v) is 0.690. The lowest BCUT2D eigenvalue weighted by atomic mass is 10.0. The highest BCUT2D eigenvalue weighted by atomic mass is 16.5. The first-order valence-corrected chi connectivity index (χ1v) is 3.52. The van der Waals surface area contributed by atoms with Crippen molar-refractivity contribution in [3.63, 3.8) is 0 Å². The fourth-order valence-electron chi connectivity index (χ4n) is 0.690. The first-order chi connectivity index (χ1) is 5.00. The Kier molecular flexibility index (Phi) is 4.07. The summed E-state index contributed by atoms with van der Waals surface area (Å²) >= 11 is 0. The second-order valence-electron chi connectivity index (χ2n) is 2.78. The van der Waals surface area contributed by atoms with E-state index >= 15 is 0 Å². The molecule has 0 aromatic heterocycles. The van der Waals surface area contributed by atoms with E-state index < -0.39 is 18.1 Å². The van der Waals surface area contributed by atoms with Crippen LogP contribution in [-0.4, -0.2) is 30.3 Å². The molecule has 11 heavy (non-hydrogen) atoms. The summed E-state index contributed by atoms with van der Waals surface area (Å²) < 4.78 is 4.36. The van der Waals surface area contributed by atoms with Gasteiger partial charge >= 0.3 is 5.97 Å². The van der Waals surface area contributed by atoms with Crippen molar-refractivity contribution in [2.45, 2.75) is 26.0 Å². The number of aliphatic hydroxyl groups excluding tert-OH is 1. The number of aliphatic hydroxyl groups is 1. The normalized spacial score (nSPS) is 16.2. The van der Waals surface area contributed by atoms with Crippen molar-refractivity contribution in [1.29, 1.82) is 0 Å². The third-order valence-electron chi connectivity index (χ3n) is 1.52. The Labute approximate surface area is 66.3 Å². The topological polar surface area (TPSA) is 72.5 Å². The molecule has 0 heterocycles. The second kappa shape index (κ2) is 4.31. The van der Waals surface area contributed by atoms with E-state index in [1.54, 1.807) is 13.8 Å². The molecule has 0 bridgehead atoms. The van der Waals surface area contributed by atoms with E-state index in [9.17, 15) is 9.90 Å². The number of carbonyl (C=O) groups excluding carboxylic acids is 1. The average molecular weight is 161 g/mol. The zero-order valence-corrected chi connectivity index (χ0v) is 7.07. The summed E-state index contributed by atoms with van der Waals surface area (Å²) in [5, 5.41) is 9.27. The van der Waals surface area contributed by atoms with Crippen LogP contribution in [0.25, 0.3) is 0 Å². The number of hydrogen-bond acceptors (Lipinski definition) is 4. The van der Waals surface area contributed by atoms with Crippen LogP contribution in [0.3, 0.4) is 0 Å². The van der Waals surface area contributed by atoms with Crippen LogP contribution in [0.15, 0.2) is 0 Å². The van der Waals surface area contributed by atoms with E-state index in [2.05, 4.69) is 4.74 Å². The zero-order chi connectivity index (χ0) is 9.02. The lowest BCUT2D eigenvalue weighted by Crippen LogP contribution is -2.45. The van der Waals surface area contributed by atoms with Gasteiger partial charge in [0.2, 0.25) is 0 Å². The van der Waals surface area contributed by atoms with Crippen LogP contribution < -0.4 is 5.73 Å². The Morgan fingerprint density at radius 2 is 2.00 bits per heavy atom. The standard InChI is InChI=1S/C7H15NO3/c1-4(2)6(9)5(8)7(10)11-3/h4-6,9H,8H2,1-3H3/t5-,6-/m1/s1. The van der Waals surface area contributed by atoms with Crippen LogP contribution in [-0.2, 0) is 9.53 Å². The van der Waals surface area contributed by atoms with Crippen LogP contribution in [0.1, 0.15) is 13.8 Å². The molecule has 0 aromatic rings. The van der Waals surface area contributed by atoms with Crippen molar-refractivity contribution in [2.24, 2.45) is 11.7 Å². The Morgan fingerprint density at radius 3 is 2.27 bits per heavy atom. The Balaban J connectivity index is 4.01. The highest BCUT2D eigenvalue weighted by Gasteiger charge is 2.25. The van der Waals surface area contributed by atoms with Gasteiger partial charge in [-0.25, -0.2) is 0 Å². The predicted molar refractivity (Wildman–Crippen MR) is 40.8 cm³/mol. The number of hydrogen-bond donors (Lipinski definition) is 2. The molecule has 0 radical (unpaired) electrons. The summed E-state index contributed by atoms with van der Waals surface area (Å²) in [6.45, 7) is 3.57. The molecule has 0 saturated carbocycles. The molecule has 0 fully saturated rings. The highest BCUT2D eigenvalue weighted by molar-refractivity contribution is 5.76. The van der Waals surface area contributed by atoms with Gasteiger partial charge in [0.05, 0.1) is 13.2 Å². The molecule has 0 saturated heterocycles. The zero-order valence-electron chi connectivity index (χ0n) is 7.07. The number of ether oxygens (including phenoxy) is 1. The summed E-state index contributed by atoms with van der Waals surface area (Å²) in [6, 6.07) is -0.931. The molecule has 3 N–H and O–H groups in total.